The van der Waals surface area contributed by atoms with Gasteiger partial charge in [0, 0.05) is 5.54 Å². The highest BCUT2D eigenvalue weighted by molar-refractivity contribution is 5.71. The molecule has 0 aromatic rings. The predicted octanol–water partition coefficient (Wildman–Crippen LogP) is 1.96. The van der Waals surface area contributed by atoms with Gasteiger partial charge in [0.15, 0.2) is 0 Å². The summed E-state index contributed by atoms with van der Waals surface area (Å²) in [5.74, 6) is -0.0101. The Morgan fingerprint density at radius 2 is 1.93 bits per heavy atom. The molecule has 1 saturated heterocycles. The molecule has 1 aliphatic heterocycles. The van der Waals surface area contributed by atoms with Gasteiger partial charge >= 0.3 is 5.97 Å². The third-order valence-corrected chi connectivity index (χ3v) is 3.84. The molecule has 2 fully saturated rings. The van der Waals surface area contributed by atoms with Crippen molar-refractivity contribution in [2.24, 2.45) is 0 Å². The molecule has 3 nitrogen and oxygen atoms in total. The minimum atomic E-state index is -0.0101. The molecule has 0 radical (unpaired) electrons. The number of carbonyl (C=O) groups excluding carboxylic acids is 1. The lowest BCUT2D eigenvalue weighted by atomic mass is 9.73. The fourth-order valence-corrected chi connectivity index (χ4v) is 2.86. The zero-order valence-electron chi connectivity index (χ0n) is 9.63. The lowest BCUT2D eigenvalue weighted by Gasteiger charge is -2.48. The summed E-state index contributed by atoms with van der Waals surface area (Å²) in [4.78, 5) is 14.1. The standard InChI is InChI=1S/C12H21NO2/c1-2-15-11(14)10-12(6-5-7-12)13-8-3-4-9-13/h2-10H2,1H3. The number of esters is 1. The summed E-state index contributed by atoms with van der Waals surface area (Å²) in [6.45, 7) is 4.74. The van der Waals surface area contributed by atoms with Gasteiger partial charge in [-0.05, 0) is 52.1 Å². The van der Waals surface area contributed by atoms with Crippen molar-refractivity contribution in [3.8, 4) is 0 Å². The first-order valence-corrected chi connectivity index (χ1v) is 6.17. The van der Waals surface area contributed by atoms with Gasteiger partial charge in [0.1, 0.15) is 0 Å². The Kier molecular flexibility index (Phi) is 3.29. The molecule has 1 aliphatic carbocycles. The van der Waals surface area contributed by atoms with E-state index in [1.165, 1.54) is 45.2 Å². The maximum atomic E-state index is 11.6. The molecule has 2 rings (SSSR count). The molecular weight excluding hydrogens is 190 g/mol. The minimum absolute atomic E-state index is 0.0101. The Morgan fingerprint density at radius 3 is 2.40 bits per heavy atom. The average molecular weight is 211 g/mol. The first kappa shape index (κ1) is 10.9. The predicted molar refractivity (Wildman–Crippen MR) is 58.6 cm³/mol. The number of hydrogen-bond donors (Lipinski definition) is 0. The summed E-state index contributed by atoms with van der Waals surface area (Å²) in [7, 11) is 0. The Bertz CT molecular complexity index is 230. The van der Waals surface area contributed by atoms with Crippen molar-refractivity contribution in [3.05, 3.63) is 0 Å². The number of rotatable bonds is 4. The van der Waals surface area contributed by atoms with Crippen molar-refractivity contribution in [1.29, 1.82) is 0 Å². The number of likely N-dealkylation sites (tertiary alicyclic amines) is 1. The lowest BCUT2D eigenvalue weighted by Crippen LogP contribution is -2.53. The van der Waals surface area contributed by atoms with Crippen LogP contribution in [0.1, 0.15) is 45.4 Å². The van der Waals surface area contributed by atoms with Crippen molar-refractivity contribution < 1.29 is 9.53 Å². The molecule has 0 unspecified atom stereocenters. The molecule has 15 heavy (non-hydrogen) atoms. The van der Waals surface area contributed by atoms with E-state index in [1.807, 2.05) is 6.92 Å². The van der Waals surface area contributed by atoms with Crippen LogP contribution >= 0.6 is 0 Å². The molecule has 1 saturated carbocycles. The van der Waals surface area contributed by atoms with E-state index >= 15 is 0 Å². The van der Waals surface area contributed by atoms with Crippen molar-refractivity contribution in [1.82, 2.24) is 4.90 Å². The smallest absolute Gasteiger partial charge is 0.307 e. The van der Waals surface area contributed by atoms with Gasteiger partial charge in [-0.15, -0.1) is 0 Å². The molecule has 3 heteroatoms. The largest absolute Gasteiger partial charge is 0.466 e. The van der Waals surface area contributed by atoms with Crippen LogP contribution in [0.15, 0.2) is 0 Å². The molecule has 0 bridgehead atoms. The molecule has 0 amide bonds. The molecule has 0 N–H and O–H groups in total. The van der Waals surface area contributed by atoms with Gasteiger partial charge in [0.25, 0.3) is 0 Å². The Labute approximate surface area is 91.8 Å². The topological polar surface area (TPSA) is 29.5 Å². The van der Waals surface area contributed by atoms with Gasteiger partial charge in [-0.2, -0.15) is 0 Å². The van der Waals surface area contributed by atoms with Crippen LogP contribution < -0.4 is 0 Å². The van der Waals surface area contributed by atoms with Gasteiger partial charge < -0.3 is 4.74 Å². The van der Waals surface area contributed by atoms with E-state index in [9.17, 15) is 4.79 Å². The van der Waals surface area contributed by atoms with E-state index in [4.69, 9.17) is 4.74 Å². The fourth-order valence-electron chi connectivity index (χ4n) is 2.86. The van der Waals surface area contributed by atoms with Crippen LogP contribution in [0.2, 0.25) is 0 Å². The van der Waals surface area contributed by atoms with Crippen molar-refractivity contribution in [3.63, 3.8) is 0 Å². The van der Waals surface area contributed by atoms with E-state index in [2.05, 4.69) is 4.90 Å². The zero-order valence-corrected chi connectivity index (χ0v) is 9.63. The fraction of sp³-hybridized carbons (Fsp3) is 0.917. The van der Waals surface area contributed by atoms with Crippen molar-refractivity contribution in [2.45, 2.75) is 51.0 Å². The summed E-state index contributed by atoms with van der Waals surface area (Å²) >= 11 is 0. The Hall–Kier alpha value is -0.570. The quantitative estimate of drug-likeness (QED) is 0.666. The number of hydrogen-bond acceptors (Lipinski definition) is 3. The number of carbonyl (C=O) groups is 1. The molecule has 0 aromatic carbocycles. The normalized spacial score (nSPS) is 24.9. The first-order valence-electron chi connectivity index (χ1n) is 6.17. The maximum Gasteiger partial charge on any atom is 0.307 e. The monoisotopic (exact) mass is 211 g/mol. The highest BCUT2D eigenvalue weighted by atomic mass is 16.5. The Morgan fingerprint density at radius 1 is 1.27 bits per heavy atom. The molecule has 2 aliphatic rings. The third-order valence-electron chi connectivity index (χ3n) is 3.84. The van der Waals surface area contributed by atoms with E-state index in [-0.39, 0.29) is 11.5 Å². The van der Waals surface area contributed by atoms with E-state index in [0.29, 0.717) is 13.0 Å². The van der Waals surface area contributed by atoms with Crippen LogP contribution in [0.25, 0.3) is 0 Å². The summed E-state index contributed by atoms with van der Waals surface area (Å²) in [6, 6.07) is 0. The maximum absolute atomic E-state index is 11.6. The van der Waals surface area contributed by atoms with E-state index < -0.39 is 0 Å². The second kappa shape index (κ2) is 4.52. The van der Waals surface area contributed by atoms with Crippen LogP contribution in [0.3, 0.4) is 0 Å². The van der Waals surface area contributed by atoms with Crippen LogP contribution in [0, 0.1) is 0 Å². The second-order valence-electron chi connectivity index (χ2n) is 4.75. The molecule has 0 aromatic heterocycles. The highest BCUT2D eigenvalue weighted by Gasteiger charge is 2.44. The Balaban J connectivity index is 1.92. The third kappa shape index (κ3) is 2.17. The molecule has 0 atom stereocenters. The SMILES string of the molecule is CCOC(=O)CC1(N2CCCC2)CCC1. The zero-order chi connectivity index (χ0) is 10.7. The highest BCUT2D eigenvalue weighted by Crippen LogP contribution is 2.42. The average Bonchev–Trinajstić information content (AvgIpc) is 2.64. The van der Waals surface area contributed by atoms with Crippen molar-refractivity contribution in [2.75, 3.05) is 19.7 Å². The van der Waals surface area contributed by atoms with Crippen LogP contribution in [0.5, 0.6) is 0 Å². The molecule has 0 spiro atoms. The van der Waals surface area contributed by atoms with Crippen LogP contribution in [-0.2, 0) is 9.53 Å². The van der Waals surface area contributed by atoms with Gasteiger partial charge in [-0.1, -0.05) is 0 Å². The lowest BCUT2D eigenvalue weighted by molar-refractivity contribution is -0.148. The van der Waals surface area contributed by atoms with Gasteiger partial charge in [0.05, 0.1) is 13.0 Å². The summed E-state index contributed by atoms with van der Waals surface area (Å²) in [6.07, 6.45) is 6.85. The van der Waals surface area contributed by atoms with Gasteiger partial charge in [-0.3, -0.25) is 9.69 Å². The minimum Gasteiger partial charge on any atom is -0.466 e. The molecule has 86 valence electrons. The summed E-state index contributed by atoms with van der Waals surface area (Å²) in [5.41, 5.74) is 0.183. The number of ether oxygens (including phenoxy) is 1. The summed E-state index contributed by atoms with van der Waals surface area (Å²) < 4.78 is 5.07. The summed E-state index contributed by atoms with van der Waals surface area (Å²) in [5, 5.41) is 0. The first-order chi connectivity index (χ1) is 7.27. The van der Waals surface area contributed by atoms with E-state index in [0.717, 1.165) is 0 Å². The van der Waals surface area contributed by atoms with Gasteiger partial charge in [0.2, 0.25) is 0 Å². The van der Waals surface area contributed by atoms with Gasteiger partial charge in [-0.25, -0.2) is 0 Å². The van der Waals surface area contributed by atoms with Crippen LogP contribution in [-0.4, -0.2) is 36.1 Å². The van der Waals surface area contributed by atoms with E-state index in [1.54, 1.807) is 0 Å². The van der Waals surface area contributed by atoms with Crippen molar-refractivity contribution >= 4 is 5.97 Å². The number of nitrogens with zero attached hydrogens (tertiary/aromatic N) is 1. The second-order valence-corrected chi connectivity index (χ2v) is 4.75. The molecule has 1 heterocycles. The molecular formula is C12H21NO2. The van der Waals surface area contributed by atoms with Crippen LogP contribution in [0.4, 0.5) is 0 Å².